The van der Waals surface area contributed by atoms with Crippen LogP contribution < -0.4 is 9.84 Å². The number of benzene rings is 2. The van der Waals surface area contributed by atoms with Crippen molar-refractivity contribution in [1.82, 2.24) is 0 Å². The first kappa shape index (κ1) is 35.7. The van der Waals surface area contributed by atoms with E-state index in [0.29, 0.717) is 0 Å². The van der Waals surface area contributed by atoms with E-state index in [1.807, 2.05) is 0 Å². The normalized spacial score (nSPS) is 30.2. The lowest BCUT2D eigenvalue weighted by Gasteiger charge is -2.45. The van der Waals surface area contributed by atoms with Gasteiger partial charge in [-0.1, -0.05) is 0 Å². The van der Waals surface area contributed by atoms with E-state index in [2.05, 4.69) is 0 Å². The highest BCUT2D eigenvalue weighted by atomic mass is 16.7. The van der Waals surface area contributed by atoms with Crippen molar-refractivity contribution in [1.29, 1.82) is 0 Å². The number of phenols is 4. The average Bonchev–Trinajstić information content (AvgIpc) is 3.04. The number of ether oxygens (including phenoxy) is 5. The molecule has 1 aromatic heterocycles. The number of rotatable bonds is 10. The summed E-state index contributed by atoms with van der Waals surface area (Å²) in [5.74, 6) is -5.53. The molecule has 2 fully saturated rings. The third-order valence-electron chi connectivity index (χ3n) is 7.78. The molecule has 0 spiro atoms. The molecule has 2 aromatic carbocycles. The SMILES string of the molecule is O=C([O-])CC(=O)OC[C@H]1O[C@@H](Oc2cc3c(O)cc(O)cc3[o+]c2-c2ccc(O)c(O)c2)[C@H](O)[C@@H](O[C@@H]2O[C@H](CO)[C@@H](O)[C@H](O)[C@H]2O)[C@@H]1O. The molecule has 0 saturated carbocycles. The number of esters is 1. The minimum absolute atomic E-state index is 0.0354. The summed E-state index contributed by atoms with van der Waals surface area (Å²) in [6.45, 7) is -1.69. The largest absolute Gasteiger partial charge is 0.550 e. The molecule has 0 bridgehead atoms. The van der Waals surface area contributed by atoms with Gasteiger partial charge in [0.05, 0.1) is 30.6 Å². The van der Waals surface area contributed by atoms with Gasteiger partial charge in [0, 0.05) is 18.2 Å². The van der Waals surface area contributed by atoms with E-state index >= 15 is 0 Å². The van der Waals surface area contributed by atoms with Crippen LogP contribution in [0.15, 0.2) is 40.8 Å². The van der Waals surface area contributed by atoms with Gasteiger partial charge in [-0.05, 0) is 12.1 Å². The zero-order valence-electron chi connectivity index (χ0n) is 25.0. The lowest BCUT2D eigenvalue weighted by molar-refractivity contribution is -0.353. The number of hydrogen-bond acceptors (Lipinski definition) is 18. The monoisotopic (exact) mass is 696 g/mol. The molecule has 2 aliphatic heterocycles. The fraction of sp³-hybridized carbons (Fsp3) is 0.433. The van der Waals surface area contributed by atoms with Gasteiger partial charge in [0.15, 0.2) is 17.8 Å². The number of carbonyl (C=O) groups is 2. The Kier molecular flexibility index (Phi) is 10.6. The number of carboxylic acids is 1. The molecule has 10 atom stereocenters. The summed E-state index contributed by atoms with van der Waals surface area (Å²) in [4.78, 5) is 22.8. The first-order valence-corrected chi connectivity index (χ1v) is 14.5. The second-order valence-electron chi connectivity index (χ2n) is 11.2. The van der Waals surface area contributed by atoms with E-state index in [-0.39, 0.29) is 33.8 Å². The number of aliphatic hydroxyl groups excluding tert-OH is 6. The van der Waals surface area contributed by atoms with Crippen molar-refractivity contribution < 1.29 is 93.9 Å². The highest BCUT2D eigenvalue weighted by Gasteiger charge is 2.52. The maximum absolute atomic E-state index is 11.9. The summed E-state index contributed by atoms with van der Waals surface area (Å²) in [6.07, 6.45) is -19.6. The van der Waals surface area contributed by atoms with Crippen LogP contribution in [0.3, 0.4) is 0 Å². The van der Waals surface area contributed by atoms with Crippen molar-refractivity contribution in [3.05, 3.63) is 36.4 Å². The van der Waals surface area contributed by atoms with E-state index in [9.17, 15) is 65.8 Å². The molecule has 19 nitrogen and oxygen atoms in total. The van der Waals surface area contributed by atoms with E-state index in [1.54, 1.807) is 0 Å². The van der Waals surface area contributed by atoms with Crippen molar-refractivity contribution in [3.63, 3.8) is 0 Å². The Morgan fingerprint density at radius 1 is 0.796 bits per heavy atom. The second kappa shape index (κ2) is 14.5. The molecule has 0 radical (unpaired) electrons. The zero-order valence-corrected chi connectivity index (χ0v) is 25.0. The first-order valence-electron chi connectivity index (χ1n) is 14.5. The Labute approximate surface area is 274 Å². The fourth-order valence-electron chi connectivity index (χ4n) is 5.24. The number of hydrogen-bond donors (Lipinski definition) is 10. The molecular weight excluding hydrogens is 664 g/mol. The molecule has 49 heavy (non-hydrogen) atoms. The number of aliphatic carboxylic acids is 1. The van der Waals surface area contributed by atoms with Gasteiger partial charge in [-0.2, -0.15) is 0 Å². The third kappa shape index (κ3) is 7.54. The third-order valence-corrected chi connectivity index (χ3v) is 7.78. The van der Waals surface area contributed by atoms with Crippen LogP contribution in [-0.2, 0) is 28.5 Å². The average molecular weight is 697 g/mol. The number of aromatic hydroxyl groups is 4. The van der Waals surface area contributed by atoms with Crippen molar-refractivity contribution >= 4 is 22.9 Å². The van der Waals surface area contributed by atoms with E-state index < -0.39 is 110 Å². The minimum Gasteiger partial charge on any atom is -0.550 e. The number of carbonyl (C=O) groups excluding carboxylic acids is 2. The Hall–Kier alpha value is -4.57. The van der Waals surface area contributed by atoms with Gasteiger partial charge in [-0.15, -0.1) is 0 Å². The van der Waals surface area contributed by atoms with Crippen LogP contribution >= 0.6 is 0 Å². The Morgan fingerprint density at radius 2 is 1.51 bits per heavy atom. The van der Waals surface area contributed by atoms with Crippen molar-refractivity contribution in [3.8, 4) is 40.1 Å². The molecule has 19 heteroatoms. The van der Waals surface area contributed by atoms with Crippen LogP contribution in [-0.4, -0.2) is 138 Å². The smallest absolute Gasteiger partial charge is 0.402 e. The van der Waals surface area contributed by atoms with Crippen LogP contribution in [0.25, 0.3) is 22.3 Å². The predicted molar refractivity (Wildman–Crippen MR) is 153 cm³/mol. The van der Waals surface area contributed by atoms with Gasteiger partial charge in [-0.25, -0.2) is 4.42 Å². The number of aliphatic hydroxyl groups is 6. The highest BCUT2D eigenvalue weighted by Crippen LogP contribution is 2.42. The van der Waals surface area contributed by atoms with Gasteiger partial charge in [0.2, 0.25) is 12.0 Å². The standard InChI is InChI=1S/C30H32O19/c31-8-18-22(39)24(41)25(42)29(47-18)49-28-23(40)19(9-44-21(38)7-20(36)37)48-30(26(28)43)46-17-6-12-14(34)4-11(32)5-16(12)45-27(17)10-1-2-13(33)15(35)3-10/h1-6,18-19,22-26,28-31,39-43H,7-9H2,(H4-,32,33,34,35,36,37)/t18-,19-,22-,23-,24+,25-,26-,28+,29+,30-/m1/s1. The molecule has 5 rings (SSSR count). The maximum Gasteiger partial charge on any atom is 0.402 e. The summed E-state index contributed by atoms with van der Waals surface area (Å²) in [5, 5.41) is 114. The Morgan fingerprint density at radius 3 is 2.18 bits per heavy atom. The first-order chi connectivity index (χ1) is 23.2. The lowest BCUT2D eigenvalue weighted by atomic mass is 9.97. The zero-order chi connectivity index (χ0) is 35.7. The highest BCUT2D eigenvalue weighted by molar-refractivity contribution is 5.89. The summed E-state index contributed by atoms with van der Waals surface area (Å²) >= 11 is 0. The van der Waals surface area contributed by atoms with Crippen LogP contribution in [0.4, 0.5) is 0 Å². The van der Waals surface area contributed by atoms with Gasteiger partial charge < -0.3 is 84.7 Å². The molecule has 2 aliphatic rings. The summed E-state index contributed by atoms with van der Waals surface area (Å²) in [7, 11) is 0. The van der Waals surface area contributed by atoms with E-state index in [1.165, 1.54) is 12.1 Å². The topological polar surface area (TPSA) is 317 Å². The molecule has 0 amide bonds. The van der Waals surface area contributed by atoms with Crippen LogP contribution in [0.5, 0.6) is 28.7 Å². The van der Waals surface area contributed by atoms with Gasteiger partial charge in [-0.3, -0.25) is 4.79 Å². The van der Waals surface area contributed by atoms with Gasteiger partial charge in [0.1, 0.15) is 72.3 Å². The quantitative estimate of drug-likeness (QED) is 0.0434. The van der Waals surface area contributed by atoms with Gasteiger partial charge >= 0.3 is 17.3 Å². The van der Waals surface area contributed by atoms with E-state index in [0.717, 1.165) is 24.3 Å². The van der Waals surface area contributed by atoms with E-state index in [4.69, 9.17) is 28.1 Å². The van der Waals surface area contributed by atoms with Crippen LogP contribution in [0.2, 0.25) is 0 Å². The molecule has 266 valence electrons. The summed E-state index contributed by atoms with van der Waals surface area (Å²) in [6, 6.07) is 6.79. The molecule has 0 unspecified atom stereocenters. The number of carboxylic acid groups (broad SMARTS) is 1. The van der Waals surface area contributed by atoms with Crippen molar-refractivity contribution in [2.24, 2.45) is 0 Å². The predicted octanol–water partition coefficient (Wildman–Crippen LogP) is -3.10. The second-order valence-corrected chi connectivity index (χ2v) is 11.2. The summed E-state index contributed by atoms with van der Waals surface area (Å²) < 4.78 is 33.3. The van der Waals surface area contributed by atoms with Crippen molar-refractivity contribution in [2.45, 2.75) is 67.8 Å². The lowest BCUT2D eigenvalue weighted by Crippen LogP contribution is -2.65. The fourth-order valence-corrected chi connectivity index (χ4v) is 5.24. The molecule has 3 heterocycles. The van der Waals surface area contributed by atoms with Crippen LogP contribution in [0, 0.1) is 0 Å². The molecule has 2 saturated heterocycles. The molecular formula is C30H32O19. The molecule has 10 N–H and O–H groups in total. The Balaban J connectivity index is 1.53. The Bertz CT molecular complexity index is 1680. The maximum atomic E-state index is 11.9. The van der Waals surface area contributed by atoms with Crippen LogP contribution in [0.1, 0.15) is 6.42 Å². The number of phenolic OH excluding ortho intramolecular Hbond substituents is 4. The molecule has 3 aromatic rings. The minimum atomic E-state index is -2.04. The van der Waals surface area contributed by atoms with Crippen molar-refractivity contribution in [2.75, 3.05) is 13.2 Å². The number of fused-ring (bicyclic) bond motifs is 1. The molecule has 0 aliphatic carbocycles. The summed E-state index contributed by atoms with van der Waals surface area (Å²) in [5.41, 5.74) is -0.0308. The van der Waals surface area contributed by atoms with Gasteiger partial charge in [0.25, 0.3) is 0 Å².